The van der Waals surface area contributed by atoms with E-state index in [0.717, 1.165) is 5.69 Å². The summed E-state index contributed by atoms with van der Waals surface area (Å²) < 4.78 is 1.88. The third-order valence-electron chi connectivity index (χ3n) is 2.21. The first-order chi connectivity index (χ1) is 7.75. The fourth-order valence-electron chi connectivity index (χ4n) is 1.44. The Bertz CT molecular complexity index is 497. The minimum atomic E-state index is -0.421. The normalized spacial score (nSPS) is 10.0. The highest BCUT2D eigenvalue weighted by atomic mass is 16.1. The summed E-state index contributed by atoms with van der Waals surface area (Å²) >= 11 is 0. The van der Waals surface area contributed by atoms with E-state index in [2.05, 4.69) is 4.98 Å². The predicted molar refractivity (Wildman–Crippen MR) is 58.5 cm³/mol. The molecule has 0 unspecified atom stereocenters. The Morgan fingerprint density at radius 3 is 2.88 bits per heavy atom. The summed E-state index contributed by atoms with van der Waals surface area (Å²) in [6.07, 6.45) is 5.34. The molecule has 0 atom stereocenters. The standard InChI is InChI=1S/C12H11N3O/c13-12(16)10-4-3-7-15(8-10)9-11-5-1-2-6-14-11/h1-8H,9H2,(H-,13,16)/p+1. The monoisotopic (exact) mass is 214 g/mol. The molecule has 0 spiro atoms. The smallest absolute Gasteiger partial charge is 0.254 e. The van der Waals surface area contributed by atoms with Crippen LogP contribution in [-0.2, 0) is 6.54 Å². The third-order valence-corrected chi connectivity index (χ3v) is 2.21. The topological polar surface area (TPSA) is 59.9 Å². The molecule has 0 bridgehead atoms. The van der Waals surface area contributed by atoms with Gasteiger partial charge in [0.25, 0.3) is 5.91 Å². The van der Waals surface area contributed by atoms with Crippen LogP contribution in [0.3, 0.4) is 0 Å². The first-order valence-electron chi connectivity index (χ1n) is 4.94. The highest BCUT2D eigenvalue weighted by Crippen LogP contribution is 1.95. The lowest BCUT2D eigenvalue weighted by Crippen LogP contribution is -2.35. The maximum atomic E-state index is 11.0. The zero-order valence-electron chi connectivity index (χ0n) is 8.71. The Hall–Kier alpha value is -2.23. The number of amides is 1. The molecule has 2 heterocycles. The maximum absolute atomic E-state index is 11.0. The van der Waals surface area contributed by atoms with Crippen LogP contribution in [0.5, 0.6) is 0 Å². The average molecular weight is 214 g/mol. The Balaban J connectivity index is 2.22. The Labute approximate surface area is 93.4 Å². The SMILES string of the molecule is NC(=O)c1ccc[n+](Cc2ccccn2)c1. The van der Waals surface area contributed by atoms with Gasteiger partial charge in [0.2, 0.25) is 0 Å². The van der Waals surface area contributed by atoms with Gasteiger partial charge in [-0.1, -0.05) is 6.07 Å². The maximum Gasteiger partial charge on any atom is 0.254 e. The summed E-state index contributed by atoms with van der Waals surface area (Å²) in [5.41, 5.74) is 6.65. The molecule has 4 nitrogen and oxygen atoms in total. The van der Waals surface area contributed by atoms with Crippen molar-refractivity contribution < 1.29 is 9.36 Å². The van der Waals surface area contributed by atoms with Gasteiger partial charge in [0.05, 0.1) is 0 Å². The van der Waals surface area contributed by atoms with Crippen molar-refractivity contribution in [2.24, 2.45) is 5.73 Å². The van der Waals surface area contributed by atoms with Gasteiger partial charge in [0, 0.05) is 12.3 Å². The van der Waals surface area contributed by atoms with Crippen LogP contribution in [-0.4, -0.2) is 10.9 Å². The first kappa shape index (κ1) is 10.3. The van der Waals surface area contributed by atoms with E-state index >= 15 is 0 Å². The molecule has 0 saturated heterocycles. The molecular weight excluding hydrogens is 202 g/mol. The van der Waals surface area contributed by atoms with E-state index in [1.54, 1.807) is 24.5 Å². The number of nitrogens with two attached hydrogens (primary N) is 1. The molecule has 0 aliphatic heterocycles. The van der Waals surface area contributed by atoms with Crippen molar-refractivity contribution in [1.82, 2.24) is 4.98 Å². The molecule has 4 heteroatoms. The summed E-state index contributed by atoms with van der Waals surface area (Å²) in [5.74, 6) is -0.421. The molecule has 80 valence electrons. The number of nitrogens with zero attached hydrogens (tertiary/aromatic N) is 2. The van der Waals surface area contributed by atoms with Crippen LogP contribution in [0.15, 0.2) is 48.9 Å². The van der Waals surface area contributed by atoms with Gasteiger partial charge in [-0.05, 0) is 18.2 Å². The van der Waals surface area contributed by atoms with E-state index in [1.807, 2.05) is 29.0 Å². The second kappa shape index (κ2) is 4.53. The minimum absolute atomic E-state index is 0.421. The van der Waals surface area contributed by atoms with Gasteiger partial charge in [-0.2, -0.15) is 4.57 Å². The summed E-state index contributed by atoms with van der Waals surface area (Å²) in [4.78, 5) is 15.2. The summed E-state index contributed by atoms with van der Waals surface area (Å²) in [5, 5.41) is 0. The molecule has 1 amide bonds. The van der Waals surface area contributed by atoms with Crippen molar-refractivity contribution in [3.05, 3.63) is 60.2 Å². The second-order valence-electron chi connectivity index (χ2n) is 3.45. The van der Waals surface area contributed by atoms with E-state index in [1.165, 1.54) is 0 Å². The summed E-state index contributed by atoms with van der Waals surface area (Å²) in [6.45, 7) is 0.627. The first-order valence-corrected chi connectivity index (χ1v) is 4.94. The average Bonchev–Trinajstić information content (AvgIpc) is 2.30. The molecule has 0 saturated carbocycles. The van der Waals surface area contributed by atoms with E-state index < -0.39 is 5.91 Å². The van der Waals surface area contributed by atoms with E-state index in [-0.39, 0.29) is 0 Å². The Morgan fingerprint density at radius 2 is 2.19 bits per heavy atom. The largest absolute Gasteiger partial charge is 0.365 e. The fraction of sp³-hybridized carbons (Fsp3) is 0.0833. The van der Waals surface area contributed by atoms with Gasteiger partial charge in [-0.15, -0.1) is 0 Å². The van der Waals surface area contributed by atoms with E-state index in [9.17, 15) is 4.79 Å². The Morgan fingerprint density at radius 1 is 1.31 bits per heavy atom. The van der Waals surface area contributed by atoms with E-state index in [0.29, 0.717) is 12.1 Å². The van der Waals surface area contributed by atoms with E-state index in [4.69, 9.17) is 5.73 Å². The summed E-state index contributed by atoms with van der Waals surface area (Å²) in [6, 6.07) is 9.22. The second-order valence-corrected chi connectivity index (χ2v) is 3.45. The van der Waals surface area contributed by atoms with Crippen LogP contribution in [0.2, 0.25) is 0 Å². The number of carbonyl (C=O) groups excluding carboxylic acids is 1. The van der Waals surface area contributed by atoms with Crippen LogP contribution in [0.4, 0.5) is 0 Å². The molecule has 0 aliphatic carbocycles. The number of rotatable bonds is 3. The number of hydrogen-bond acceptors (Lipinski definition) is 2. The quantitative estimate of drug-likeness (QED) is 0.757. The zero-order valence-corrected chi connectivity index (χ0v) is 8.71. The van der Waals surface area contributed by atoms with Gasteiger partial charge >= 0.3 is 0 Å². The van der Waals surface area contributed by atoms with Crippen molar-refractivity contribution in [1.29, 1.82) is 0 Å². The van der Waals surface area contributed by atoms with Crippen LogP contribution < -0.4 is 10.3 Å². The summed E-state index contributed by atoms with van der Waals surface area (Å²) in [7, 11) is 0. The lowest BCUT2D eigenvalue weighted by molar-refractivity contribution is -0.689. The van der Waals surface area contributed by atoms with Crippen molar-refractivity contribution >= 4 is 5.91 Å². The van der Waals surface area contributed by atoms with Crippen LogP contribution in [0.25, 0.3) is 0 Å². The van der Waals surface area contributed by atoms with Crippen molar-refractivity contribution in [3.63, 3.8) is 0 Å². The predicted octanol–water partition coefficient (Wildman–Crippen LogP) is 0.516. The highest BCUT2D eigenvalue weighted by molar-refractivity contribution is 5.92. The van der Waals surface area contributed by atoms with Gasteiger partial charge in [0.1, 0.15) is 11.3 Å². The number of hydrogen-bond donors (Lipinski definition) is 1. The van der Waals surface area contributed by atoms with Crippen LogP contribution in [0.1, 0.15) is 16.1 Å². The van der Waals surface area contributed by atoms with Crippen LogP contribution >= 0.6 is 0 Å². The Kier molecular flexibility index (Phi) is 2.91. The van der Waals surface area contributed by atoms with Gasteiger partial charge in [-0.3, -0.25) is 9.78 Å². The lowest BCUT2D eigenvalue weighted by atomic mass is 10.2. The molecular formula is C12H12N3O+. The van der Waals surface area contributed by atoms with Gasteiger partial charge in [-0.25, -0.2) is 0 Å². The number of aromatic nitrogens is 2. The van der Waals surface area contributed by atoms with Crippen molar-refractivity contribution in [3.8, 4) is 0 Å². The molecule has 0 radical (unpaired) electrons. The number of pyridine rings is 2. The number of carbonyl (C=O) groups is 1. The molecule has 2 aromatic heterocycles. The molecule has 0 fully saturated rings. The molecule has 0 aliphatic rings. The third kappa shape index (κ3) is 2.42. The van der Waals surface area contributed by atoms with Crippen LogP contribution in [0, 0.1) is 0 Å². The van der Waals surface area contributed by atoms with Crippen molar-refractivity contribution in [2.45, 2.75) is 6.54 Å². The molecule has 16 heavy (non-hydrogen) atoms. The van der Waals surface area contributed by atoms with Gasteiger partial charge < -0.3 is 5.73 Å². The molecule has 2 N–H and O–H groups in total. The lowest BCUT2D eigenvalue weighted by Gasteiger charge is -1.97. The fourth-order valence-corrected chi connectivity index (χ4v) is 1.44. The molecule has 2 rings (SSSR count). The minimum Gasteiger partial charge on any atom is -0.365 e. The molecule has 0 aromatic carbocycles. The zero-order chi connectivity index (χ0) is 11.4. The molecule has 2 aromatic rings. The number of primary amides is 1. The van der Waals surface area contributed by atoms with Crippen molar-refractivity contribution in [2.75, 3.05) is 0 Å². The highest BCUT2D eigenvalue weighted by Gasteiger charge is 2.07. The van der Waals surface area contributed by atoms with Gasteiger partial charge in [0.15, 0.2) is 18.9 Å².